The largest absolute Gasteiger partial charge is 0.374 e. The molecule has 1 aliphatic heterocycles. The van der Waals surface area contributed by atoms with Crippen molar-refractivity contribution in [2.45, 2.75) is 12.7 Å². The number of nitriles is 1. The molecular formula is C13H16N2O2. The molecule has 1 N–H and O–H groups in total. The average Bonchev–Trinajstić information content (AvgIpc) is 2.40. The first-order chi connectivity index (χ1) is 8.38. The van der Waals surface area contributed by atoms with E-state index in [2.05, 4.69) is 11.4 Å². The zero-order chi connectivity index (χ0) is 11.9. The van der Waals surface area contributed by atoms with Gasteiger partial charge in [-0.05, 0) is 17.7 Å². The summed E-state index contributed by atoms with van der Waals surface area (Å²) < 4.78 is 11.1. The summed E-state index contributed by atoms with van der Waals surface area (Å²) in [6.45, 7) is 3.62. The van der Waals surface area contributed by atoms with Gasteiger partial charge in [-0.2, -0.15) is 5.26 Å². The summed E-state index contributed by atoms with van der Waals surface area (Å²) in [5, 5.41) is 12.0. The third-order valence-corrected chi connectivity index (χ3v) is 2.63. The Morgan fingerprint density at radius 2 is 2.47 bits per heavy atom. The van der Waals surface area contributed by atoms with Crippen molar-refractivity contribution in [3.8, 4) is 6.07 Å². The minimum absolute atomic E-state index is 0.142. The minimum atomic E-state index is 0.142. The van der Waals surface area contributed by atoms with E-state index in [1.807, 2.05) is 18.2 Å². The lowest BCUT2D eigenvalue weighted by atomic mass is 10.1. The zero-order valence-corrected chi connectivity index (χ0v) is 9.69. The van der Waals surface area contributed by atoms with E-state index in [4.69, 9.17) is 14.7 Å². The van der Waals surface area contributed by atoms with E-state index < -0.39 is 0 Å². The van der Waals surface area contributed by atoms with Crippen molar-refractivity contribution in [2.24, 2.45) is 0 Å². The summed E-state index contributed by atoms with van der Waals surface area (Å²) in [7, 11) is 0. The van der Waals surface area contributed by atoms with Gasteiger partial charge in [0.05, 0.1) is 37.6 Å². The molecule has 0 amide bonds. The van der Waals surface area contributed by atoms with Crippen LogP contribution in [-0.2, 0) is 16.1 Å². The summed E-state index contributed by atoms with van der Waals surface area (Å²) in [5.41, 5.74) is 1.69. The smallest absolute Gasteiger partial charge is 0.0991 e. The van der Waals surface area contributed by atoms with Gasteiger partial charge in [0, 0.05) is 13.1 Å². The molecule has 4 heteroatoms. The van der Waals surface area contributed by atoms with Gasteiger partial charge in [0.15, 0.2) is 0 Å². The Kier molecular flexibility index (Phi) is 4.51. The molecule has 17 heavy (non-hydrogen) atoms. The summed E-state index contributed by atoms with van der Waals surface area (Å²) in [6, 6.07) is 9.58. The lowest BCUT2D eigenvalue weighted by Gasteiger charge is -2.23. The van der Waals surface area contributed by atoms with E-state index in [1.165, 1.54) is 0 Å². The van der Waals surface area contributed by atoms with E-state index in [0.717, 1.165) is 25.3 Å². The lowest BCUT2D eigenvalue weighted by Crippen LogP contribution is -2.40. The Hall–Kier alpha value is -1.41. The maximum Gasteiger partial charge on any atom is 0.0991 e. The van der Waals surface area contributed by atoms with Crippen LogP contribution in [0.2, 0.25) is 0 Å². The molecule has 1 aromatic carbocycles. The summed E-state index contributed by atoms with van der Waals surface area (Å²) in [5.74, 6) is 0. The van der Waals surface area contributed by atoms with Gasteiger partial charge in [-0.25, -0.2) is 0 Å². The van der Waals surface area contributed by atoms with Crippen molar-refractivity contribution >= 4 is 0 Å². The molecule has 1 fully saturated rings. The van der Waals surface area contributed by atoms with Gasteiger partial charge in [-0.1, -0.05) is 12.1 Å². The second-order valence-corrected chi connectivity index (χ2v) is 4.02. The molecule has 90 valence electrons. The van der Waals surface area contributed by atoms with Gasteiger partial charge in [-0.3, -0.25) is 0 Å². The Morgan fingerprint density at radius 3 is 3.24 bits per heavy atom. The van der Waals surface area contributed by atoms with Crippen LogP contribution >= 0.6 is 0 Å². The Morgan fingerprint density at radius 1 is 1.53 bits per heavy atom. The van der Waals surface area contributed by atoms with Crippen molar-refractivity contribution in [2.75, 3.05) is 26.3 Å². The number of rotatable bonds is 4. The first-order valence-corrected chi connectivity index (χ1v) is 5.77. The Bertz CT molecular complexity index is 395. The third kappa shape index (κ3) is 3.82. The van der Waals surface area contributed by atoms with Gasteiger partial charge in [0.1, 0.15) is 0 Å². The van der Waals surface area contributed by atoms with E-state index in [1.54, 1.807) is 6.07 Å². The maximum atomic E-state index is 8.77. The second-order valence-electron chi connectivity index (χ2n) is 4.02. The van der Waals surface area contributed by atoms with E-state index in [-0.39, 0.29) is 6.10 Å². The van der Waals surface area contributed by atoms with Gasteiger partial charge in [0.2, 0.25) is 0 Å². The third-order valence-electron chi connectivity index (χ3n) is 2.63. The molecule has 1 aliphatic rings. The molecular weight excluding hydrogens is 216 g/mol. The number of hydrogen-bond acceptors (Lipinski definition) is 4. The minimum Gasteiger partial charge on any atom is -0.374 e. The average molecular weight is 232 g/mol. The number of hydrogen-bond donors (Lipinski definition) is 1. The summed E-state index contributed by atoms with van der Waals surface area (Å²) in [4.78, 5) is 0. The molecule has 0 saturated carbocycles. The van der Waals surface area contributed by atoms with Crippen molar-refractivity contribution in [1.82, 2.24) is 5.32 Å². The van der Waals surface area contributed by atoms with Gasteiger partial charge in [0.25, 0.3) is 0 Å². The van der Waals surface area contributed by atoms with E-state index >= 15 is 0 Å². The molecule has 1 heterocycles. The molecule has 1 unspecified atom stereocenters. The quantitative estimate of drug-likeness (QED) is 0.843. The number of nitrogens with one attached hydrogen (secondary N) is 1. The normalized spacial score (nSPS) is 19.8. The predicted molar refractivity (Wildman–Crippen MR) is 63.4 cm³/mol. The molecule has 2 rings (SSSR count). The maximum absolute atomic E-state index is 8.77. The molecule has 0 spiro atoms. The molecule has 0 aliphatic carbocycles. The molecule has 0 radical (unpaired) electrons. The van der Waals surface area contributed by atoms with Crippen LogP contribution in [0, 0.1) is 11.3 Å². The molecule has 1 saturated heterocycles. The molecule has 4 nitrogen and oxygen atoms in total. The van der Waals surface area contributed by atoms with Crippen molar-refractivity contribution in [3.63, 3.8) is 0 Å². The number of morpholine rings is 1. The first kappa shape index (κ1) is 12.1. The summed E-state index contributed by atoms with van der Waals surface area (Å²) in [6.07, 6.45) is 0.142. The van der Waals surface area contributed by atoms with Crippen LogP contribution in [0.5, 0.6) is 0 Å². The highest BCUT2D eigenvalue weighted by Gasteiger charge is 2.12. The second kappa shape index (κ2) is 6.36. The molecule has 1 aromatic rings. The highest BCUT2D eigenvalue weighted by atomic mass is 16.5. The number of nitrogens with zero attached hydrogens (tertiary/aromatic N) is 1. The monoisotopic (exact) mass is 232 g/mol. The van der Waals surface area contributed by atoms with Crippen LogP contribution in [0.1, 0.15) is 11.1 Å². The number of benzene rings is 1. The topological polar surface area (TPSA) is 54.3 Å². The van der Waals surface area contributed by atoms with Crippen LogP contribution in [0.4, 0.5) is 0 Å². The van der Waals surface area contributed by atoms with Gasteiger partial charge in [-0.15, -0.1) is 0 Å². The van der Waals surface area contributed by atoms with Crippen LogP contribution in [-0.4, -0.2) is 32.4 Å². The predicted octanol–water partition coefficient (Wildman–Crippen LogP) is 1.06. The highest BCUT2D eigenvalue weighted by molar-refractivity contribution is 5.32. The van der Waals surface area contributed by atoms with Crippen LogP contribution < -0.4 is 5.32 Å². The fraction of sp³-hybridized carbons (Fsp3) is 0.462. The van der Waals surface area contributed by atoms with Crippen LogP contribution in [0.25, 0.3) is 0 Å². The fourth-order valence-corrected chi connectivity index (χ4v) is 1.77. The Labute approximate surface area is 101 Å². The van der Waals surface area contributed by atoms with Crippen LogP contribution in [0.3, 0.4) is 0 Å². The molecule has 0 bridgehead atoms. The van der Waals surface area contributed by atoms with E-state index in [9.17, 15) is 0 Å². The standard InChI is InChI=1S/C13H16N2O2/c14-7-11-2-1-3-12(6-11)9-16-10-13-8-15-4-5-17-13/h1-3,6,13,15H,4-5,8-10H2. The molecule has 0 aromatic heterocycles. The van der Waals surface area contributed by atoms with E-state index in [0.29, 0.717) is 18.8 Å². The number of ether oxygens (including phenoxy) is 2. The van der Waals surface area contributed by atoms with Gasteiger partial charge < -0.3 is 14.8 Å². The highest BCUT2D eigenvalue weighted by Crippen LogP contribution is 2.06. The van der Waals surface area contributed by atoms with Gasteiger partial charge >= 0.3 is 0 Å². The van der Waals surface area contributed by atoms with Crippen LogP contribution in [0.15, 0.2) is 24.3 Å². The van der Waals surface area contributed by atoms with Crippen molar-refractivity contribution < 1.29 is 9.47 Å². The van der Waals surface area contributed by atoms with Crippen molar-refractivity contribution in [1.29, 1.82) is 5.26 Å². The zero-order valence-electron chi connectivity index (χ0n) is 9.69. The first-order valence-electron chi connectivity index (χ1n) is 5.77. The SMILES string of the molecule is N#Cc1cccc(COCC2CNCCO2)c1. The lowest BCUT2D eigenvalue weighted by molar-refractivity contribution is -0.0357. The van der Waals surface area contributed by atoms with Crippen molar-refractivity contribution in [3.05, 3.63) is 35.4 Å². The summed E-state index contributed by atoms with van der Waals surface area (Å²) >= 11 is 0. The Balaban J connectivity index is 1.75. The molecule has 1 atom stereocenters. The fourth-order valence-electron chi connectivity index (χ4n) is 1.77.